The molecule has 0 aromatic carbocycles. The zero-order chi connectivity index (χ0) is 14.0. The van der Waals surface area contributed by atoms with E-state index in [4.69, 9.17) is 5.11 Å². The molecule has 2 heterocycles. The van der Waals surface area contributed by atoms with Crippen LogP contribution in [0.3, 0.4) is 0 Å². The minimum absolute atomic E-state index is 0.00191. The maximum atomic E-state index is 11.6. The second kappa shape index (κ2) is 4.77. The zero-order valence-corrected chi connectivity index (χ0v) is 9.86. The van der Waals surface area contributed by atoms with E-state index in [0.717, 1.165) is 6.08 Å². The third kappa shape index (κ3) is 2.51. The Morgan fingerprint density at radius 2 is 2.16 bits per heavy atom. The minimum atomic E-state index is -1.12. The molecule has 3 N–H and O–H groups in total. The van der Waals surface area contributed by atoms with E-state index in [0.29, 0.717) is 0 Å². The fourth-order valence-electron chi connectivity index (χ4n) is 1.52. The van der Waals surface area contributed by atoms with Gasteiger partial charge in [-0.15, -0.1) is 0 Å². The highest BCUT2D eigenvalue weighted by Gasteiger charge is 2.14. The lowest BCUT2D eigenvalue weighted by Crippen LogP contribution is -2.02. The van der Waals surface area contributed by atoms with Crippen LogP contribution in [0.2, 0.25) is 0 Å². The molecule has 0 radical (unpaired) electrons. The van der Waals surface area contributed by atoms with E-state index in [1.54, 1.807) is 0 Å². The lowest BCUT2D eigenvalue weighted by Gasteiger charge is -1.94. The number of hydrogen-bond acceptors (Lipinski definition) is 5. The van der Waals surface area contributed by atoms with Gasteiger partial charge in [0, 0.05) is 24.9 Å². The first-order valence-corrected chi connectivity index (χ1v) is 5.19. The van der Waals surface area contributed by atoms with Crippen molar-refractivity contribution in [1.82, 2.24) is 19.7 Å². The molecule has 8 heteroatoms. The number of carbonyl (C=O) groups excluding carboxylic acids is 1. The number of aliphatic hydroxyl groups is 1. The fourth-order valence-corrected chi connectivity index (χ4v) is 1.52. The molecule has 0 aliphatic heterocycles. The summed E-state index contributed by atoms with van der Waals surface area (Å²) in [6.45, 7) is 0. The molecule has 0 amide bonds. The van der Waals surface area contributed by atoms with Crippen LogP contribution in [0.4, 0.5) is 0 Å². The highest BCUT2D eigenvalue weighted by molar-refractivity contribution is 6.05. The van der Waals surface area contributed by atoms with E-state index in [1.165, 1.54) is 30.2 Å². The lowest BCUT2D eigenvalue weighted by molar-refractivity contribution is 0.0686. The van der Waals surface area contributed by atoms with Crippen LogP contribution in [0.15, 0.2) is 24.7 Å². The molecule has 19 heavy (non-hydrogen) atoms. The number of aromatic carboxylic acids is 1. The number of nitrogens with one attached hydrogen (secondary N) is 1. The Kier molecular flexibility index (Phi) is 3.15. The molecule has 2 aromatic rings. The Balaban J connectivity index is 2.29. The first kappa shape index (κ1) is 12.6. The predicted octanol–water partition coefficient (Wildman–Crippen LogP) is 0.623. The average Bonchev–Trinajstić information content (AvgIpc) is 2.96. The van der Waals surface area contributed by atoms with Crippen molar-refractivity contribution in [3.05, 3.63) is 41.7 Å². The fraction of sp³-hybridized carbons (Fsp3) is 0.0909. The number of aromatic amines is 1. The molecule has 8 nitrogen and oxygen atoms in total. The topological polar surface area (TPSA) is 121 Å². The van der Waals surface area contributed by atoms with Gasteiger partial charge in [-0.3, -0.25) is 9.89 Å². The Bertz CT molecular complexity index is 654. The number of nitrogens with zero attached hydrogens (tertiary/aromatic N) is 3. The number of hydrogen-bond donors (Lipinski definition) is 3. The number of allylic oxidation sites excluding steroid dienone is 1. The van der Waals surface area contributed by atoms with E-state index < -0.39 is 11.8 Å². The number of H-pyrrole nitrogens is 1. The van der Waals surface area contributed by atoms with Crippen molar-refractivity contribution in [3.63, 3.8) is 0 Å². The number of ketones is 1. The standard InChI is InChI=1S/C11H10N4O4/c1-15-4-6(2-7(15)11(18)19)8(16)3-9(17)10-12-5-13-14-10/h2-5,16H,1H3,(H,18,19)(H,12,13,14). The second-order valence-electron chi connectivity index (χ2n) is 3.76. The number of aliphatic hydroxyl groups excluding tert-OH is 1. The molecule has 0 fully saturated rings. The van der Waals surface area contributed by atoms with Crippen molar-refractivity contribution in [1.29, 1.82) is 0 Å². The highest BCUT2D eigenvalue weighted by atomic mass is 16.4. The maximum Gasteiger partial charge on any atom is 0.352 e. The average molecular weight is 262 g/mol. The van der Waals surface area contributed by atoms with Crippen LogP contribution < -0.4 is 0 Å². The minimum Gasteiger partial charge on any atom is -0.507 e. The molecule has 2 aromatic heterocycles. The first-order valence-electron chi connectivity index (χ1n) is 5.19. The summed E-state index contributed by atoms with van der Waals surface area (Å²) in [6, 6.07) is 1.27. The first-order chi connectivity index (χ1) is 8.99. The third-order valence-electron chi connectivity index (χ3n) is 2.44. The van der Waals surface area contributed by atoms with Gasteiger partial charge in [-0.05, 0) is 6.07 Å². The molecule has 2 rings (SSSR count). The molecule has 0 saturated carbocycles. The van der Waals surface area contributed by atoms with Crippen LogP contribution in [0.25, 0.3) is 5.76 Å². The Morgan fingerprint density at radius 1 is 1.42 bits per heavy atom. The summed E-state index contributed by atoms with van der Waals surface area (Å²) in [6.07, 6.45) is 3.52. The van der Waals surface area contributed by atoms with Gasteiger partial charge in [0.1, 0.15) is 17.8 Å². The van der Waals surface area contributed by atoms with E-state index in [1.807, 2.05) is 0 Å². The van der Waals surface area contributed by atoms with Gasteiger partial charge in [-0.2, -0.15) is 5.10 Å². The second-order valence-corrected chi connectivity index (χ2v) is 3.76. The van der Waals surface area contributed by atoms with Crippen molar-refractivity contribution < 1.29 is 19.8 Å². The predicted molar refractivity (Wildman–Crippen MR) is 63.7 cm³/mol. The smallest absolute Gasteiger partial charge is 0.352 e. The number of carbonyl (C=O) groups is 2. The number of carboxylic acids is 1. The summed E-state index contributed by atoms with van der Waals surface area (Å²) in [5.41, 5.74) is 0.231. The molecule has 0 saturated heterocycles. The van der Waals surface area contributed by atoms with Crippen LogP contribution >= 0.6 is 0 Å². The van der Waals surface area contributed by atoms with E-state index in [-0.39, 0.29) is 22.8 Å². The molecule has 0 spiro atoms. The SMILES string of the molecule is Cn1cc(C(O)=CC(=O)c2ncn[nH]2)cc1C(=O)O. The van der Waals surface area contributed by atoms with Crippen molar-refractivity contribution >= 4 is 17.5 Å². The summed E-state index contributed by atoms with van der Waals surface area (Å²) >= 11 is 0. The molecule has 0 bridgehead atoms. The Hall–Kier alpha value is -2.90. The quantitative estimate of drug-likeness (QED) is 0.422. The van der Waals surface area contributed by atoms with Gasteiger partial charge < -0.3 is 14.8 Å². The van der Waals surface area contributed by atoms with Crippen molar-refractivity contribution in [2.45, 2.75) is 0 Å². The summed E-state index contributed by atoms with van der Waals surface area (Å²) < 4.78 is 1.33. The number of rotatable bonds is 4. The molecular formula is C11H10N4O4. The zero-order valence-electron chi connectivity index (χ0n) is 9.86. The maximum absolute atomic E-state index is 11.6. The molecule has 0 aliphatic rings. The van der Waals surface area contributed by atoms with E-state index >= 15 is 0 Å². The molecule has 0 unspecified atom stereocenters. The van der Waals surface area contributed by atoms with Gasteiger partial charge in [0.05, 0.1) is 0 Å². The van der Waals surface area contributed by atoms with E-state index in [9.17, 15) is 14.7 Å². The molecule has 0 aliphatic carbocycles. The van der Waals surface area contributed by atoms with Crippen molar-refractivity contribution in [2.24, 2.45) is 7.05 Å². The van der Waals surface area contributed by atoms with Gasteiger partial charge in [-0.1, -0.05) is 0 Å². The van der Waals surface area contributed by atoms with Gasteiger partial charge in [0.2, 0.25) is 5.78 Å². The van der Waals surface area contributed by atoms with Crippen LogP contribution in [0, 0.1) is 0 Å². The van der Waals surface area contributed by atoms with Crippen LogP contribution in [0.5, 0.6) is 0 Å². The largest absolute Gasteiger partial charge is 0.507 e. The summed E-state index contributed by atoms with van der Waals surface area (Å²) in [5.74, 6) is -2.04. The van der Waals surface area contributed by atoms with Gasteiger partial charge in [0.25, 0.3) is 0 Å². The molecule has 0 atom stereocenters. The Labute approximate surface area is 107 Å². The van der Waals surface area contributed by atoms with Gasteiger partial charge in [-0.25, -0.2) is 9.78 Å². The summed E-state index contributed by atoms with van der Waals surface area (Å²) in [5, 5.41) is 24.5. The normalized spacial score (nSPS) is 11.5. The summed E-state index contributed by atoms with van der Waals surface area (Å²) in [7, 11) is 1.53. The highest BCUT2D eigenvalue weighted by Crippen LogP contribution is 2.15. The van der Waals surface area contributed by atoms with Crippen LogP contribution in [0.1, 0.15) is 26.7 Å². The summed E-state index contributed by atoms with van der Waals surface area (Å²) in [4.78, 5) is 26.1. The van der Waals surface area contributed by atoms with Crippen LogP contribution in [-0.4, -0.2) is 41.7 Å². The molecule has 98 valence electrons. The van der Waals surface area contributed by atoms with Crippen molar-refractivity contribution in [3.8, 4) is 0 Å². The number of aryl methyl sites for hydroxylation is 1. The number of carboxylic acid groups (broad SMARTS) is 1. The third-order valence-corrected chi connectivity index (χ3v) is 2.44. The Morgan fingerprint density at radius 3 is 2.68 bits per heavy atom. The van der Waals surface area contributed by atoms with Gasteiger partial charge >= 0.3 is 5.97 Å². The monoisotopic (exact) mass is 262 g/mol. The van der Waals surface area contributed by atoms with Crippen LogP contribution in [-0.2, 0) is 7.05 Å². The number of aromatic nitrogens is 4. The van der Waals surface area contributed by atoms with Gasteiger partial charge in [0.15, 0.2) is 5.82 Å². The van der Waals surface area contributed by atoms with Crippen molar-refractivity contribution in [2.75, 3.05) is 0 Å². The van der Waals surface area contributed by atoms with E-state index in [2.05, 4.69) is 15.2 Å². The lowest BCUT2D eigenvalue weighted by atomic mass is 10.2. The molecular weight excluding hydrogens is 252 g/mol.